The highest BCUT2D eigenvalue weighted by molar-refractivity contribution is 8.14. The molecule has 0 aromatic heterocycles. The molecule has 0 bridgehead atoms. The molecular formula is C16H24N2S. The van der Waals surface area contributed by atoms with E-state index in [2.05, 4.69) is 51.2 Å². The van der Waals surface area contributed by atoms with Crippen LogP contribution in [0.15, 0.2) is 23.2 Å². The fourth-order valence-electron chi connectivity index (χ4n) is 2.29. The number of nitrogens with zero attached hydrogens (tertiary/aromatic N) is 1. The number of hydrogen-bond donors (Lipinski definition) is 1. The average Bonchev–Trinajstić information content (AvgIpc) is 2.81. The van der Waals surface area contributed by atoms with Gasteiger partial charge in [-0.25, -0.2) is 0 Å². The Labute approximate surface area is 121 Å². The smallest absolute Gasteiger partial charge is 0.161 e. The van der Waals surface area contributed by atoms with Crippen LogP contribution < -0.4 is 5.32 Å². The van der Waals surface area contributed by atoms with Gasteiger partial charge in [-0.2, -0.15) is 0 Å². The van der Waals surface area contributed by atoms with Crippen LogP contribution >= 0.6 is 11.8 Å². The highest BCUT2D eigenvalue weighted by atomic mass is 32.2. The van der Waals surface area contributed by atoms with E-state index in [-0.39, 0.29) is 5.54 Å². The fraction of sp³-hybridized carbons (Fsp3) is 0.562. The van der Waals surface area contributed by atoms with Crippen LogP contribution in [0.25, 0.3) is 0 Å². The van der Waals surface area contributed by atoms with Crippen molar-refractivity contribution in [3.8, 4) is 0 Å². The SMILES string of the molecule is CCc1cccc(CC)c1NC1=NC(C)(CC)CS1. The summed E-state index contributed by atoms with van der Waals surface area (Å²) in [6, 6.07) is 6.57. The summed E-state index contributed by atoms with van der Waals surface area (Å²) in [4.78, 5) is 4.85. The van der Waals surface area contributed by atoms with Crippen molar-refractivity contribution in [1.82, 2.24) is 0 Å². The molecule has 0 fully saturated rings. The van der Waals surface area contributed by atoms with Crippen molar-refractivity contribution in [3.63, 3.8) is 0 Å². The molecule has 19 heavy (non-hydrogen) atoms. The minimum atomic E-state index is 0.112. The van der Waals surface area contributed by atoms with Crippen LogP contribution in [0.4, 0.5) is 5.69 Å². The van der Waals surface area contributed by atoms with Gasteiger partial charge in [-0.3, -0.25) is 4.99 Å². The van der Waals surface area contributed by atoms with E-state index in [4.69, 9.17) is 4.99 Å². The Balaban J connectivity index is 2.27. The van der Waals surface area contributed by atoms with Gasteiger partial charge in [-0.05, 0) is 37.3 Å². The highest BCUT2D eigenvalue weighted by Crippen LogP contribution is 2.32. The molecule has 1 aliphatic rings. The minimum absolute atomic E-state index is 0.112. The van der Waals surface area contributed by atoms with E-state index in [9.17, 15) is 0 Å². The standard InChI is InChI=1S/C16H24N2S/c1-5-12-9-8-10-13(6-2)14(12)17-15-18-16(4,7-3)11-19-15/h8-10H,5-7,11H2,1-4H3,(H,17,18). The molecule has 0 aliphatic carbocycles. The Morgan fingerprint density at radius 1 is 1.21 bits per heavy atom. The summed E-state index contributed by atoms with van der Waals surface area (Å²) in [7, 11) is 0. The van der Waals surface area contributed by atoms with Gasteiger partial charge in [0.15, 0.2) is 5.17 Å². The third-order valence-electron chi connectivity index (χ3n) is 3.88. The number of rotatable bonds is 4. The van der Waals surface area contributed by atoms with Crippen LogP contribution in [0.1, 0.15) is 45.2 Å². The lowest BCUT2D eigenvalue weighted by molar-refractivity contribution is 0.523. The zero-order valence-corrected chi connectivity index (χ0v) is 13.2. The van der Waals surface area contributed by atoms with Crippen LogP contribution in [0.2, 0.25) is 0 Å². The van der Waals surface area contributed by atoms with E-state index in [1.165, 1.54) is 16.8 Å². The summed E-state index contributed by atoms with van der Waals surface area (Å²) in [5.41, 5.74) is 4.15. The number of anilines is 1. The first-order valence-electron chi connectivity index (χ1n) is 7.22. The predicted octanol–water partition coefficient (Wildman–Crippen LogP) is 4.49. The molecule has 1 atom stereocenters. The maximum absolute atomic E-state index is 4.85. The minimum Gasteiger partial charge on any atom is -0.335 e. The maximum Gasteiger partial charge on any atom is 0.161 e. The quantitative estimate of drug-likeness (QED) is 0.876. The Hall–Kier alpha value is -0.960. The third kappa shape index (κ3) is 3.14. The number of benzene rings is 1. The van der Waals surface area contributed by atoms with E-state index < -0.39 is 0 Å². The van der Waals surface area contributed by atoms with Gasteiger partial charge in [0.2, 0.25) is 0 Å². The number of thioether (sulfide) groups is 1. The number of amidine groups is 1. The average molecular weight is 276 g/mol. The lowest BCUT2D eigenvalue weighted by Gasteiger charge is -2.16. The fourth-order valence-corrected chi connectivity index (χ4v) is 3.46. The zero-order chi connectivity index (χ0) is 13.9. The Morgan fingerprint density at radius 2 is 1.84 bits per heavy atom. The second-order valence-corrected chi connectivity index (χ2v) is 6.30. The molecule has 2 nitrogen and oxygen atoms in total. The molecule has 1 unspecified atom stereocenters. The second-order valence-electron chi connectivity index (χ2n) is 5.34. The van der Waals surface area contributed by atoms with Gasteiger partial charge < -0.3 is 5.32 Å². The summed E-state index contributed by atoms with van der Waals surface area (Å²) in [5, 5.41) is 4.67. The van der Waals surface area contributed by atoms with Crippen molar-refractivity contribution < 1.29 is 0 Å². The summed E-state index contributed by atoms with van der Waals surface area (Å²) in [5.74, 6) is 1.08. The van der Waals surface area contributed by atoms with Gasteiger partial charge in [0.25, 0.3) is 0 Å². The first kappa shape index (κ1) is 14.4. The molecule has 3 heteroatoms. The Morgan fingerprint density at radius 3 is 2.32 bits per heavy atom. The van der Waals surface area contributed by atoms with Crippen LogP contribution in [0.5, 0.6) is 0 Å². The molecule has 104 valence electrons. The van der Waals surface area contributed by atoms with Gasteiger partial charge in [0, 0.05) is 11.4 Å². The summed E-state index contributed by atoms with van der Waals surface area (Å²) in [6.07, 6.45) is 3.21. The van der Waals surface area contributed by atoms with Gasteiger partial charge in [-0.1, -0.05) is 50.7 Å². The molecule has 2 rings (SSSR count). The first-order chi connectivity index (χ1) is 9.11. The normalized spacial score (nSPS) is 22.4. The number of aliphatic imine (C=N–C) groups is 1. The van der Waals surface area contributed by atoms with Gasteiger partial charge in [0.05, 0.1) is 5.54 Å². The topological polar surface area (TPSA) is 24.4 Å². The van der Waals surface area contributed by atoms with E-state index in [1.54, 1.807) is 0 Å². The summed E-state index contributed by atoms with van der Waals surface area (Å²) >= 11 is 1.85. The van der Waals surface area contributed by atoms with Gasteiger partial charge >= 0.3 is 0 Å². The second kappa shape index (κ2) is 6.00. The van der Waals surface area contributed by atoms with E-state index in [1.807, 2.05) is 11.8 Å². The van der Waals surface area contributed by atoms with Crippen LogP contribution in [0, 0.1) is 0 Å². The van der Waals surface area contributed by atoms with Crippen LogP contribution in [-0.2, 0) is 12.8 Å². The maximum atomic E-state index is 4.85. The molecule has 1 aliphatic heterocycles. The van der Waals surface area contributed by atoms with Crippen molar-refractivity contribution in [2.45, 2.75) is 52.5 Å². The molecule has 1 aromatic carbocycles. The molecule has 1 aromatic rings. The predicted molar refractivity (Wildman–Crippen MR) is 87.4 cm³/mol. The third-order valence-corrected chi connectivity index (χ3v) is 5.12. The molecule has 0 spiro atoms. The molecule has 1 heterocycles. The van der Waals surface area contributed by atoms with E-state index in [0.29, 0.717) is 0 Å². The number of nitrogens with one attached hydrogen (secondary N) is 1. The molecule has 1 N–H and O–H groups in total. The summed E-state index contributed by atoms with van der Waals surface area (Å²) in [6.45, 7) is 8.87. The Bertz CT molecular complexity index is 459. The van der Waals surface area contributed by atoms with Crippen molar-refractivity contribution in [1.29, 1.82) is 0 Å². The van der Waals surface area contributed by atoms with Crippen molar-refractivity contribution in [2.24, 2.45) is 4.99 Å². The first-order valence-corrected chi connectivity index (χ1v) is 8.21. The lowest BCUT2D eigenvalue weighted by Crippen LogP contribution is -2.20. The number of aryl methyl sites for hydroxylation is 2. The van der Waals surface area contributed by atoms with E-state index in [0.717, 1.165) is 30.2 Å². The van der Waals surface area contributed by atoms with Crippen LogP contribution in [0.3, 0.4) is 0 Å². The molecule has 0 saturated carbocycles. The largest absolute Gasteiger partial charge is 0.335 e. The Kier molecular flexibility index (Phi) is 4.56. The summed E-state index contributed by atoms with van der Waals surface area (Å²) < 4.78 is 0. The van der Waals surface area contributed by atoms with Gasteiger partial charge in [-0.15, -0.1) is 0 Å². The van der Waals surface area contributed by atoms with Crippen LogP contribution in [-0.4, -0.2) is 16.5 Å². The monoisotopic (exact) mass is 276 g/mol. The van der Waals surface area contributed by atoms with Crippen molar-refractivity contribution in [2.75, 3.05) is 11.1 Å². The van der Waals surface area contributed by atoms with Crippen molar-refractivity contribution in [3.05, 3.63) is 29.3 Å². The molecular weight excluding hydrogens is 252 g/mol. The van der Waals surface area contributed by atoms with E-state index >= 15 is 0 Å². The van der Waals surface area contributed by atoms with Gasteiger partial charge in [0.1, 0.15) is 0 Å². The highest BCUT2D eigenvalue weighted by Gasteiger charge is 2.29. The van der Waals surface area contributed by atoms with Crippen molar-refractivity contribution >= 4 is 22.6 Å². The molecule has 0 saturated heterocycles. The zero-order valence-electron chi connectivity index (χ0n) is 12.4. The number of para-hydroxylation sites is 1. The number of hydrogen-bond acceptors (Lipinski definition) is 3. The molecule has 0 amide bonds. The molecule has 0 radical (unpaired) electrons. The lowest BCUT2D eigenvalue weighted by atomic mass is 10.0.